The van der Waals surface area contributed by atoms with E-state index in [1.165, 1.54) is 18.5 Å². The minimum Gasteiger partial charge on any atom is -0.383 e. The van der Waals surface area contributed by atoms with Gasteiger partial charge in [-0.1, -0.05) is 5.16 Å². The second-order valence-electron chi connectivity index (χ2n) is 19.2. The maximum absolute atomic E-state index is 15.3. The minimum absolute atomic E-state index is 0.0611. The summed E-state index contributed by atoms with van der Waals surface area (Å²) in [5.74, 6) is 0.292. The summed E-state index contributed by atoms with van der Waals surface area (Å²) in [6.45, 7) is 12.7. The van der Waals surface area contributed by atoms with E-state index in [4.69, 9.17) is 25.3 Å². The molecular weight excluding hydrogens is 839 g/mol. The molecule has 18 nitrogen and oxygen atoms in total. The zero-order chi connectivity index (χ0) is 45.1. The predicted octanol–water partition coefficient (Wildman–Crippen LogP) is 4.11. The van der Waals surface area contributed by atoms with Crippen molar-refractivity contribution in [3.8, 4) is 22.8 Å². The van der Waals surface area contributed by atoms with Gasteiger partial charge in [-0.05, 0) is 89.6 Å². The number of benzene rings is 1. The first-order valence-electron chi connectivity index (χ1n) is 22.7. The number of piperazine rings is 1. The largest absolute Gasteiger partial charge is 0.383 e. The number of rotatable bonds is 11. The second-order valence-corrected chi connectivity index (χ2v) is 19.2. The highest BCUT2D eigenvalue weighted by atomic mass is 19.1. The van der Waals surface area contributed by atoms with Gasteiger partial charge in [0.15, 0.2) is 28.9 Å². The van der Waals surface area contributed by atoms with E-state index in [2.05, 4.69) is 35.6 Å². The number of imide groups is 1. The summed E-state index contributed by atoms with van der Waals surface area (Å²) >= 11 is 0. The van der Waals surface area contributed by atoms with E-state index in [9.17, 15) is 14.4 Å². The molecule has 0 radical (unpaired) electrons. The minimum atomic E-state index is -0.727. The van der Waals surface area contributed by atoms with Crippen LogP contribution in [0.25, 0.3) is 33.8 Å². The summed E-state index contributed by atoms with van der Waals surface area (Å²) in [4.78, 5) is 63.6. The molecule has 342 valence electrons. The van der Waals surface area contributed by atoms with Crippen LogP contribution in [-0.4, -0.2) is 139 Å². The molecule has 4 aromatic heterocycles. The van der Waals surface area contributed by atoms with Crippen LogP contribution in [0.5, 0.6) is 0 Å². The summed E-state index contributed by atoms with van der Waals surface area (Å²) in [5.41, 5.74) is 9.45. The lowest BCUT2D eigenvalue weighted by Gasteiger charge is -2.42. The number of amides is 3. The van der Waals surface area contributed by atoms with Crippen molar-refractivity contribution in [1.29, 1.82) is 0 Å². The van der Waals surface area contributed by atoms with Gasteiger partial charge in [0.25, 0.3) is 0 Å². The van der Waals surface area contributed by atoms with Crippen molar-refractivity contribution in [3.05, 3.63) is 53.8 Å². The number of hydrogen-bond donors (Lipinski definition) is 3. The fourth-order valence-electron chi connectivity index (χ4n) is 9.60. The highest BCUT2D eigenvalue weighted by Gasteiger charge is 2.38. The summed E-state index contributed by atoms with van der Waals surface area (Å²) in [6.07, 6.45) is 9.51. The predicted molar refractivity (Wildman–Crippen MR) is 237 cm³/mol. The summed E-state index contributed by atoms with van der Waals surface area (Å²) < 4.78 is 38.3. The van der Waals surface area contributed by atoms with Gasteiger partial charge in [0, 0.05) is 82.2 Å². The standard InChI is InChI=1S/C45H54F2N14O4/c1-45(2,3)61-43-36(41(48)51-24-52-43)37(55-61)38-35(40(65-56-38)26-4-5-26)42-49-18-27(19-50-42)28-21-60(22-28)34(63)23-57-10-8-25(9-11-57)20-58-12-14-59(15-13-58)39-30(46)16-29(17-31(39)47)53-32-6-7-33(62)54-44(32)64/h16-19,24-26,28,32,53H,4-15,20-23H2,1-3H3,(H2,48,51,52)(H,54,62,64). The van der Waals surface area contributed by atoms with E-state index in [1.54, 1.807) is 4.90 Å². The Morgan fingerprint density at radius 2 is 1.60 bits per heavy atom. The van der Waals surface area contributed by atoms with Crippen molar-refractivity contribution in [2.45, 2.75) is 82.7 Å². The lowest BCUT2D eigenvalue weighted by atomic mass is 9.93. The third-order valence-electron chi connectivity index (χ3n) is 13.5. The number of nitrogens with two attached hydrogens (primary N) is 1. The van der Waals surface area contributed by atoms with Gasteiger partial charge >= 0.3 is 0 Å². The molecule has 1 aromatic carbocycles. The van der Waals surface area contributed by atoms with E-state index < -0.39 is 23.6 Å². The molecule has 8 heterocycles. The lowest BCUT2D eigenvalue weighted by Crippen LogP contribution is -2.53. The molecule has 5 aromatic rings. The Morgan fingerprint density at radius 3 is 2.26 bits per heavy atom. The molecule has 20 heteroatoms. The number of carbonyl (C=O) groups excluding carboxylic acids is 3. The SMILES string of the molecule is CC(C)(C)n1nc(-c2noc(C3CC3)c2-c2ncc(C3CN(C(=O)CN4CCC(CN5CCN(c6c(F)cc(NC7CCC(=O)NC7=O)cc6F)CC5)CC4)C3)cn2)c2c(N)ncnc21. The molecule has 1 atom stereocenters. The van der Waals surface area contributed by atoms with Crippen LogP contribution < -0.4 is 21.3 Å². The Morgan fingerprint density at radius 1 is 0.892 bits per heavy atom. The van der Waals surface area contributed by atoms with Crippen molar-refractivity contribution >= 4 is 45.9 Å². The maximum Gasteiger partial charge on any atom is 0.249 e. The molecule has 5 fully saturated rings. The Bertz CT molecular complexity index is 2600. The van der Waals surface area contributed by atoms with Crippen molar-refractivity contribution in [2.24, 2.45) is 5.92 Å². The molecule has 0 spiro atoms. The third-order valence-corrected chi connectivity index (χ3v) is 13.5. The highest BCUT2D eigenvalue weighted by molar-refractivity contribution is 6.02. The molecule has 1 aliphatic carbocycles. The van der Waals surface area contributed by atoms with Crippen LogP contribution in [0.15, 0.2) is 35.4 Å². The maximum atomic E-state index is 15.3. The number of hydrogen-bond acceptors (Lipinski definition) is 15. The van der Waals surface area contributed by atoms with Crippen LogP contribution in [0.1, 0.15) is 82.5 Å². The Hall–Kier alpha value is -6.15. The number of likely N-dealkylation sites (tertiary alicyclic amines) is 2. The number of carbonyl (C=O) groups is 3. The topological polar surface area (TPSA) is 210 Å². The van der Waals surface area contributed by atoms with Gasteiger partial charge in [-0.15, -0.1) is 0 Å². The normalized spacial score (nSPS) is 20.7. The number of fused-ring (bicyclic) bond motifs is 1. The van der Waals surface area contributed by atoms with Gasteiger partial charge in [0.05, 0.1) is 23.0 Å². The van der Waals surface area contributed by atoms with Crippen molar-refractivity contribution in [1.82, 2.24) is 54.9 Å². The zero-order valence-electron chi connectivity index (χ0n) is 36.9. The van der Waals surface area contributed by atoms with Gasteiger partial charge < -0.3 is 25.4 Å². The van der Waals surface area contributed by atoms with Gasteiger partial charge in [0.2, 0.25) is 17.7 Å². The van der Waals surface area contributed by atoms with E-state index >= 15 is 8.78 Å². The first kappa shape index (κ1) is 42.8. The highest BCUT2D eigenvalue weighted by Crippen LogP contribution is 2.48. The summed E-state index contributed by atoms with van der Waals surface area (Å²) in [7, 11) is 0. The summed E-state index contributed by atoms with van der Waals surface area (Å²) in [5, 5.41) is 15.2. The average molecular weight is 893 g/mol. The first-order chi connectivity index (χ1) is 31.3. The number of halogens is 2. The smallest absolute Gasteiger partial charge is 0.249 e. The van der Waals surface area contributed by atoms with Crippen molar-refractivity contribution in [2.75, 3.05) is 81.4 Å². The Labute approximate surface area is 374 Å². The Kier molecular flexibility index (Phi) is 11.2. The van der Waals surface area contributed by atoms with Crippen LogP contribution in [0, 0.1) is 17.6 Å². The van der Waals surface area contributed by atoms with E-state index in [-0.39, 0.29) is 53.4 Å². The molecule has 4 aliphatic heterocycles. The van der Waals surface area contributed by atoms with Crippen LogP contribution >= 0.6 is 0 Å². The number of anilines is 3. The van der Waals surface area contributed by atoms with Gasteiger partial charge in [-0.2, -0.15) is 5.10 Å². The summed E-state index contributed by atoms with van der Waals surface area (Å²) in [6, 6.07) is 1.70. The quantitative estimate of drug-likeness (QED) is 0.160. The fraction of sp³-hybridized carbons (Fsp3) is 0.533. The van der Waals surface area contributed by atoms with E-state index in [0.717, 1.165) is 56.6 Å². The van der Waals surface area contributed by atoms with Crippen molar-refractivity contribution < 1.29 is 27.7 Å². The third kappa shape index (κ3) is 8.60. The van der Waals surface area contributed by atoms with Crippen LogP contribution in [0.2, 0.25) is 0 Å². The monoisotopic (exact) mass is 892 g/mol. The number of aromatic nitrogens is 7. The molecule has 1 unspecified atom stereocenters. The van der Waals surface area contributed by atoms with Crippen LogP contribution in [0.3, 0.4) is 0 Å². The zero-order valence-corrected chi connectivity index (χ0v) is 36.9. The molecule has 10 rings (SSSR count). The molecule has 1 saturated carbocycles. The second kappa shape index (κ2) is 17.0. The van der Waals surface area contributed by atoms with E-state index in [1.807, 2.05) is 42.7 Å². The molecule has 3 amide bonds. The number of nitrogens with one attached hydrogen (secondary N) is 2. The van der Waals surface area contributed by atoms with Crippen molar-refractivity contribution in [3.63, 3.8) is 0 Å². The van der Waals surface area contributed by atoms with Crippen LogP contribution in [-0.2, 0) is 19.9 Å². The van der Waals surface area contributed by atoms with Crippen LogP contribution in [0.4, 0.5) is 26.0 Å². The molecule has 65 heavy (non-hydrogen) atoms. The number of nitrogens with zero attached hydrogens (tertiary/aromatic N) is 11. The van der Waals surface area contributed by atoms with E-state index in [0.29, 0.717) is 91.4 Å². The molecule has 0 bridgehead atoms. The number of nitrogen functional groups attached to an aromatic ring is 1. The average Bonchev–Trinajstić information content (AvgIpc) is 3.87. The van der Waals surface area contributed by atoms with Gasteiger partial charge in [-0.3, -0.25) is 29.5 Å². The fourth-order valence-corrected chi connectivity index (χ4v) is 9.60. The Balaban J connectivity index is 0.692. The molecule has 4 N–H and O–H groups in total. The number of piperidine rings is 2. The molecule has 4 saturated heterocycles. The first-order valence-corrected chi connectivity index (χ1v) is 22.7. The molecule has 5 aliphatic rings. The lowest BCUT2D eigenvalue weighted by molar-refractivity contribution is -0.137. The van der Waals surface area contributed by atoms with Gasteiger partial charge in [-0.25, -0.2) is 33.4 Å². The van der Waals surface area contributed by atoms with Gasteiger partial charge in [0.1, 0.15) is 35.3 Å². The molecular formula is C45H54F2N14O4.